The Balaban J connectivity index is 3.03. The number of methoxy groups -OCH3 is 2. The quantitative estimate of drug-likeness (QED) is 0.649. The van der Waals surface area contributed by atoms with E-state index in [1.165, 1.54) is 7.11 Å². The van der Waals surface area contributed by atoms with Crippen molar-refractivity contribution in [1.82, 2.24) is 15.0 Å². The summed E-state index contributed by atoms with van der Waals surface area (Å²) in [5, 5.41) is 7.54. The van der Waals surface area contributed by atoms with E-state index in [9.17, 15) is 4.79 Å². The van der Waals surface area contributed by atoms with Gasteiger partial charge in [0.2, 0.25) is 0 Å². The smallest absolute Gasteiger partial charge is 0.360 e. The number of carbonyl (C=O) groups excluding carboxylic acids is 1. The Labute approximate surface area is 81.8 Å². The van der Waals surface area contributed by atoms with Crippen LogP contribution in [0.3, 0.4) is 0 Å². The lowest BCUT2D eigenvalue weighted by Gasteiger charge is -2.03. The third-order valence-corrected chi connectivity index (χ3v) is 1.80. The van der Waals surface area contributed by atoms with Crippen molar-refractivity contribution >= 4 is 5.97 Å². The molecule has 0 aliphatic carbocycles. The normalized spacial score (nSPS) is 10.2. The number of ether oxygens (including phenoxy) is 2. The van der Waals surface area contributed by atoms with Gasteiger partial charge in [-0.2, -0.15) is 0 Å². The molecule has 0 fully saturated rings. The van der Waals surface area contributed by atoms with Crippen LogP contribution in [-0.2, 0) is 22.6 Å². The van der Waals surface area contributed by atoms with Crippen molar-refractivity contribution in [3.8, 4) is 0 Å². The van der Waals surface area contributed by atoms with Crippen LogP contribution >= 0.6 is 0 Å². The van der Waals surface area contributed by atoms with Crippen LogP contribution in [0.15, 0.2) is 0 Å². The van der Waals surface area contributed by atoms with Crippen LogP contribution in [0.25, 0.3) is 0 Å². The lowest BCUT2D eigenvalue weighted by molar-refractivity contribution is 0.0588. The molecular formula is C8H13N3O3. The number of aromatic nitrogens is 3. The van der Waals surface area contributed by atoms with Gasteiger partial charge < -0.3 is 9.47 Å². The third kappa shape index (κ3) is 1.90. The Morgan fingerprint density at radius 3 is 2.71 bits per heavy atom. The second kappa shape index (κ2) is 4.71. The molecule has 78 valence electrons. The van der Waals surface area contributed by atoms with Gasteiger partial charge in [0.25, 0.3) is 0 Å². The topological polar surface area (TPSA) is 66.2 Å². The van der Waals surface area contributed by atoms with Crippen LogP contribution < -0.4 is 0 Å². The molecule has 6 nitrogen and oxygen atoms in total. The summed E-state index contributed by atoms with van der Waals surface area (Å²) in [6, 6.07) is 0. The van der Waals surface area contributed by atoms with Crippen molar-refractivity contribution in [2.45, 2.75) is 20.1 Å². The first-order chi connectivity index (χ1) is 6.74. The third-order valence-electron chi connectivity index (χ3n) is 1.80. The highest BCUT2D eigenvalue weighted by molar-refractivity contribution is 5.88. The van der Waals surface area contributed by atoms with Gasteiger partial charge in [-0.05, 0) is 6.92 Å². The summed E-state index contributed by atoms with van der Waals surface area (Å²) in [4.78, 5) is 11.2. The summed E-state index contributed by atoms with van der Waals surface area (Å²) < 4.78 is 11.1. The SMILES string of the molecule is CCn1nnc(C(=O)OC)c1COC. The first-order valence-corrected chi connectivity index (χ1v) is 4.24. The van der Waals surface area contributed by atoms with Crippen molar-refractivity contribution in [1.29, 1.82) is 0 Å². The minimum Gasteiger partial charge on any atom is -0.464 e. The Kier molecular flexibility index (Phi) is 3.58. The zero-order chi connectivity index (χ0) is 10.6. The number of hydrogen-bond acceptors (Lipinski definition) is 5. The molecule has 0 amide bonds. The lowest BCUT2D eigenvalue weighted by Crippen LogP contribution is -2.09. The molecule has 1 aromatic rings. The van der Waals surface area contributed by atoms with Gasteiger partial charge in [0.05, 0.1) is 19.4 Å². The van der Waals surface area contributed by atoms with Gasteiger partial charge in [-0.1, -0.05) is 5.21 Å². The molecule has 0 atom stereocenters. The zero-order valence-corrected chi connectivity index (χ0v) is 8.48. The standard InChI is InChI=1S/C8H13N3O3/c1-4-11-6(5-13-2)7(9-10-11)8(12)14-3/h4-5H2,1-3H3. The van der Waals surface area contributed by atoms with E-state index in [0.717, 1.165) is 0 Å². The molecule has 1 rings (SSSR count). The molecule has 1 heterocycles. The van der Waals surface area contributed by atoms with Gasteiger partial charge in [0.1, 0.15) is 0 Å². The number of nitrogens with zero attached hydrogens (tertiary/aromatic N) is 3. The lowest BCUT2D eigenvalue weighted by atomic mass is 10.3. The first kappa shape index (κ1) is 10.6. The maximum atomic E-state index is 11.2. The van der Waals surface area contributed by atoms with Crippen LogP contribution in [0.4, 0.5) is 0 Å². The Bertz CT molecular complexity index is 322. The summed E-state index contributed by atoms with van der Waals surface area (Å²) in [5.41, 5.74) is 0.859. The fourth-order valence-electron chi connectivity index (χ4n) is 1.12. The number of hydrogen-bond donors (Lipinski definition) is 0. The number of aryl methyl sites for hydroxylation is 1. The van der Waals surface area contributed by atoms with Gasteiger partial charge in [-0.15, -0.1) is 5.10 Å². The van der Waals surface area contributed by atoms with Crippen LogP contribution in [-0.4, -0.2) is 35.2 Å². The summed E-state index contributed by atoms with van der Waals surface area (Å²) in [7, 11) is 2.86. The highest BCUT2D eigenvalue weighted by Gasteiger charge is 2.19. The number of rotatable bonds is 4. The average molecular weight is 199 g/mol. The first-order valence-electron chi connectivity index (χ1n) is 4.24. The van der Waals surface area contributed by atoms with Gasteiger partial charge in [-0.25, -0.2) is 9.48 Å². The number of esters is 1. The largest absolute Gasteiger partial charge is 0.464 e. The molecule has 0 bridgehead atoms. The summed E-state index contributed by atoms with van der Waals surface area (Å²) in [6.07, 6.45) is 0. The van der Waals surface area contributed by atoms with Gasteiger partial charge in [0.15, 0.2) is 5.69 Å². The maximum absolute atomic E-state index is 11.2. The molecule has 0 saturated heterocycles. The Hall–Kier alpha value is -1.43. The molecule has 0 radical (unpaired) electrons. The molecule has 0 unspecified atom stereocenters. The van der Waals surface area contributed by atoms with E-state index in [4.69, 9.17) is 4.74 Å². The van der Waals surface area contributed by atoms with Crippen molar-refractivity contribution < 1.29 is 14.3 Å². The molecule has 0 N–H and O–H groups in total. The highest BCUT2D eigenvalue weighted by atomic mass is 16.5. The average Bonchev–Trinajstić information content (AvgIpc) is 2.60. The van der Waals surface area contributed by atoms with Crippen molar-refractivity contribution in [2.75, 3.05) is 14.2 Å². The predicted molar refractivity (Wildman–Crippen MR) is 47.7 cm³/mol. The van der Waals surface area contributed by atoms with E-state index in [1.54, 1.807) is 11.8 Å². The molecule has 0 aliphatic rings. The molecular weight excluding hydrogens is 186 g/mol. The fraction of sp³-hybridized carbons (Fsp3) is 0.625. The van der Waals surface area contributed by atoms with Crippen LogP contribution in [0.1, 0.15) is 23.1 Å². The van der Waals surface area contributed by atoms with Gasteiger partial charge >= 0.3 is 5.97 Å². The zero-order valence-electron chi connectivity index (χ0n) is 8.48. The Morgan fingerprint density at radius 2 is 2.21 bits per heavy atom. The highest BCUT2D eigenvalue weighted by Crippen LogP contribution is 2.07. The van der Waals surface area contributed by atoms with Crippen molar-refractivity contribution in [3.63, 3.8) is 0 Å². The Morgan fingerprint density at radius 1 is 1.50 bits per heavy atom. The van der Waals surface area contributed by atoms with E-state index >= 15 is 0 Å². The summed E-state index contributed by atoms with van der Waals surface area (Å²) in [6.45, 7) is 2.85. The van der Waals surface area contributed by atoms with E-state index < -0.39 is 5.97 Å². The maximum Gasteiger partial charge on any atom is 0.360 e. The van der Waals surface area contributed by atoms with Gasteiger partial charge in [-0.3, -0.25) is 0 Å². The fourth-order valence-corrected chi connectivity index (χ4v) is 1.12. The molecule has 0 aliphatic heterocycles. The van der Waals surface area contributed by atoms with Crippen LogP contribution in [0.5, 0.6) is 0 Å². The monoisotopic (exact) mass is 199 g/mol. The predicted octanol–water partition coefficient (Wildman–Crippen LogP) is 0.231. The molecule has 0 spiro atoms. The van der Waals surface area contributed by atoms with Gasteiger partial charge in [0, 0.05) is 13.7 Å². The van der Waals surface area contributed by atoms with E-state index in [2.05, 4.69) is 15.0 Å². The minimum absolute atomic E-state index is 0.219. The summed E-state index contributed by atoms with van der Waals surface area (Å²) in [5.74, 6) is -0.489. The number of carbonyl (C=O) groups is 1. The van der Waals surface area contributed by atoms with Crippen LogP contribution in [0.2, 0.25) is 0 Å². The van der Waals surface area contributed by atoms with Crippen molar-refractivity contribution in [2.24, 2.45) is 0 Å². The van der Waals surface area contributed by atoms with E-state index in [-0.39, 0.29) is 5.69 Å². The minimum atomic E-state index is -0.489. The molecule has 1 aromatic heterocycles. The van der Waals surface area contributed by atoms with E-state index in [1.807, 2.05) is 6.92 Å². The molecule has 0 aromatic carbocycles. The second-order valence-electron chi connectivity index (χ2n) is 2.63. The second-order valence-corrected chi connectivity index (χ2v) is 2.63. The molecule has 14 heavy (non-hydrogen) atoms. The van der Waals surface area contributed by atoms with E-state index in [0.29, 0.717) is 18.8 Å². The molecule has 6 heteroatoms. The van der Waals surface area contributed by atoms with Crippen LogP contribution in [0, 0.1) is 0 Å². The summed E-state index contributed by atoms with van der Waals surface area (Å²) >= 11 is 0. The molecule has 0 saturated carbocycles. The van der Waals surface area contributed by atoms with Crippen molar-refractivity contribution in [3.05, 3.63) is 11.4 Å².